The number of thioether (sulfide) groups is 1. The van der Waals surface area contributed by atoms with E-state index in [0.717, 1.165) is 50.6 Å². The molecule has 2 rings (SSSR count). The number of nitrogens with one attached hydrogen (secondary N) is 1. The molecular formula is C16H24FN3OS. The van der Waals surface area contributed by atoms with Gasteiger partial charge in [0.15, 0.2) is 0 Å². The molecule has 1 aliphatic heterocycles. The summed E-state index contributed by atoms with van der Waals surface area (Å²) in [6, 6.07) is 6.22. The second-order valence-corrected chi connectivity index (χ2v) is 6.64. The van der Waals surface area contributed by atoms with Gasteiger partial charge in [-0.3, -0.25) is 4.79 Å². The zero-order chi connectivity index (χ0) is 15.8. The zero-order valence-electron chi connectivity index (χ0n) is 13.1. The Hall–Kier alpha value is -1.11. The molecule has 0 atom stereocenters. The minimum absolute atomic E-state index is 0.0349. The lowest BCUT2D eigenvalue weighted by Crippen LogP contribution is -2.45. The Morgan fingerprint density at radius 3 is 2.59 bits per heavy atom. The maximum atomic E-state index is 12.8. The number of carbonyl (C=O) groups excluding carboxylic acids is 1. The van der Waals surface area contributed by atoms with E-state index in [-0.39, 0.29) is 11.7 Å². The molecule has 1 heterocycles. The number of nitrogens with zero attached hydrogens (tertiary/aromatic N) is 2. The average Bonchev–Trinajstić information content (AvgIpc) is 2.53. The van der Waals surface area contributed by atoms with Gasteiger partial charge in [0.05, 0.1) is 5.75 Å². The normalized spacial score (nSPS) is 16.6. The molecule has 4 nitrogen and oxygen atoms in total. The fourth-order valence-electron chi connectivity index (χ4n) is 2.33. The summed E-state index contributed by atoms with van der Waals surface area (Å²) in [5.74, 6) is 0.158. The molecule has 0 saturated carbocycles. The molecule has 6 heteroatoms. The third-order valence-electron chi connectivity index (χ3n) is 3.75. The Morgan fingerprint density at radius 1 is 1.23 bits per heavy atom. The molecule has 1 saturated heterocycles. The molecule has 1 N–H and O–H groups in total. The first kappa shape index (κ1) is 17.2. The SMILES string of the molecule is CN1CCN(CCCNC(=O)CSc2ccc(F)cc2)CC1. The average molecular weight is 325 g/mol. The van der Waals surface area contributed by atoms with Gasteiger partial charge < -0.3 is 15.1 Å². The summed E-state index contributed by atoms with van der Waals surface area (Å²) in [5.41, 5.74) is 0. The fourth-order valence-corrected chi connectivity index (χ4v) is 3.06. The fraction of sp³-hybridized carbons (Fsp3) is 0.562. The van der Waals surface area contributed by atoms with Crippen LogP contribution in [0.15, 0.2) is 29.2 Å². The van der Waals surface area contributed by atoms with Gasteiger partial charge in [0.2, 0.25) is 5.91 Å². The monoisotopic (exact) mass is 325 g/mol. The lowest BCUT2D eigenvalue weighted by molar-refractivity contribution is -0.118. The third-order valence-corrected chi connectivity index (χ3v) is 4.76. The van der Waals surface area contributed by atoms with Crippen LogP contribution in [-0.4, -0.2) is 67.8 Å². The van der Waals surface area contributed by atoms with Crippen LogP contribution in [0.5, 0.6) is 0 Å². The molecule has 1 aliphatic rings. The van der Waals surface area contributed by atoms with E-state index in [1.165, 1.54) is 23.9 Å². The summed E-state index contributed by atoms with van der Waals surface area (Å²) in [4.78, 5) is 17.4. The summed E-state index contributed by atoms with van der Waals surface area (Å²) in [6.07, 6.45) is 0.983. The standard InChI is InChI=1S/C16H24FN3OS/c1-19-9-11-20(12-10-19)8-2-7-18-16(21)13-22-15-5-3-14(17)4-6-15/h3-6H,2,7-13H2,1H3,(H,18,21). The van der Waals surface area contributed by atoms with E-state index in [0.29, 0.717) is 5.75 Å². The molecule has 1 aromatic carbocycles. The first-order valence-corrected chi connectivity index (χ1v) is 8.68. The number of piperazine rings is 1. The summed E-state index contributed by atoms with van der Waals surface area (Å²) in [5, 5.41) is 2.94. The van der Waals surface area contributed by atoms with Crippen molar-refractivity contribution in [2.24, 2.45) is 0 Å². The van der Waals surface area contributed by atoms with Crippen LogP contribution in [-0.2, 0) is 4.79 Å². The second kappa shape index (κ2) is 9.12. The van der Waals surface area contributed by atoms with Crippen LogP contribution in [0, 0.1) is 5.82 Å². The summed E-state index contributed by atoms with van der Waals surface area (Å²) in [7, 11) is 2.15. The number of hydrogen-bond acceptors (Lipinski definition) is 4. The van der Waals surface area contributed by atoms with Crippen LogP contribution < -0.4 is 5.32 Å². The van der Waals surface area contributed by atoms with E-state index >= 15 is 0 Å². The molecule has 22 heavy (non-hydrogen) atoms. The topological polar surface area (TPSA) is 35.6 Å². The van der Waals surface area contributed by atoms with Crippen LogP contribution in [0.3, 0.4) is 0 Å². The minimum Gasteiger partial charge on any atom is -0.355 e. The molecule has 1 aromatic rings. The molecule has 0 aliphatic carbocycles. The number of hydrogen-bond donors (Lipinski definition) is 1. The minimum atomic E-state index is -0.252. The highest BCUT2D eigenvalue weighted by Crippen LogP contribution is 2.17. The highest BCUT2D eigenvalue weighted by atomic mass is 32.2. The maximum absolute atomic E-state index is 12.8. The summed E-state index contributed by atoms with van der Waals surface area (Å²) in [6.45, 7) is 6.24. The van der Waals surface area contributed by atoms with Crippen molar-refractivity contribution < 1.29 is 9.18 Å². The first-order valence-electron chi connectivity index (χ1n) is 7.69. The van der Waals surface area contributed by atoms with Crippen molar-refractivity contribution in [3.05, 3.63) is 30.1 Å². The molecule has 1 fully saturated rings. The van der Waals surface area contributed by atoms with Crippen molar-refractivity contribution in [1.82, 2.24) is 15.1 Å². The molecule has 1 amide bonds. The molecule has 0 bridgehead atoms. The molecule has 0 unspecified atom stereocenters. The highest BCUT2D eigenvalue weighted by Gasteiger charge is 2.12. The van der Waals surface area contributed by atoms with Crippen molar-refractivity contribution in [3.63, 3.8) is 0 Å². The van der Waals surface area contributed by atoms with Crippen molar-refractivity contribution >= 4 is 17.7 Å². The molecule has 0 spiro atoms. The second-order valence-electron chi connectivity index (χ2n) is 5.59. The Morgan fingerprint density at radius 2 is 1.91 bits per heavy atom. The Balaban J connectivity index is 1.53. The number of amides is 1. The number of rotatable bonds is 7. The largest absolute Gasteiger partial charge is 0.355 e. The van der Waals surface area contributed by atoms with Gasteiger partial charge >= 0.3 is 0 Å². The van der Waals surface area contributed by atoms with Crippen LogP contribution in [0.1, 0.15) is 6.42 Å². The Labute approximate surface area is 136 Å². The van der Waals surface area contributed by atoms with Gasteiger partial charge in [0.1, 0.15) is 5.82 Å². The maximum Gasteiger partial charge on any atom is 0.230 e. The summed E-state index contributed by atoms with van der Waals surface area (Å²) < 4.78 is 12.8. The van der Waals surface area contributed by atoms with Gasteiger partial charge in [0.25, 0.3) is 0 Å². The lowest BCUT2D eigenvalue weighted by Gasteiger charge is -2.32. The predicted molar refractivity (Wildman–Crippen MR) is 88.7 cm³/mol. The number of likely N-dealkylation sites (N-methyl/N-ethyl adjacent to an activating group) is 1. The van der Waals surface area contributed by atoms with E-state index in [2.05, 4.69) is 22.2 Å². The van der Waals surface area contributed by atoms with Crippen LogP contribution in [0.25, 0.3) is 0 Å². The van der Waals surface area contributed by atoms with Gasteiger partial charge in [-0.05, 0) is 44.3 Å². The van der Waals surface area contributed by atoms with E-state index < -0.39 is 0 Å². The van der Waals surface area contributed by atoms with Crippen LogP contribution in [0.4, 0.5) is 4.39 Å². The molecular weight excluding hydrogens is 301 g/mol. The van der Waals surface area contributed by atoms with Crippen molar-refractivity contribution in [3.8, 4) is 0 Å². The van der Waals surface area contributed by atoms with Gasteiger partial charge in [0, 0.05) is 37.6 Å². The van der Waals surface area contributed by atoms with Crippen molar-refractivity contribution in [2.45, 2.75) is 11.3 Å². The van der Waals surface area contributed by atoms with Crippen LogP contribution in [0.2, 0.25) is 0 Å². The quantitative estimate of drug-likeness (QED) is 0.611. The molecule has 0 radical (unpaired) electrons. The smallest absolute Gasteiger partial charge is 0.230 e. The van der Waals surface area contributed by atoms with E-state index in [9.17, 15) is 9.18 Å². The van der Waals surface area contributed by atoms with E-state index in [1.807, 2.05) is 0 Å². The Bertz CT molecular complexity index is 461. The van der Waals surface area contributed by atoms with Crippen molar-refractivity contribution in [1.29, 1.82) is 0 Å². The zero-order valence-corrected chi connectivity index (χ0v) is 13.9. The Kier molecular flexibility index (Phi) is 7.15. The highest BCUT2D eigenvalue weighted by molar-refractivity contribution is 8.00. The van der Waals surface area contributed by atoms with Gasteiger partial charge in [-0.25, -0.2) is 4.39 Å². The number of benzene rings is 1. The number of halogens is 1. The van der Waals surface area contributed by atoms with E-state index in [1.54, 1.807) is 12.1 Å². The predicted octanol–water partition coefficient (Wildman–Crippen LogP) is 1.67. The van der Waals surface area contributed by atoms with Gasteiger partial charge in [-0.15, -0.1) is 11.8 Å². The number of carbonyl (C=O) groups is 1. The third kappa shape index (κ3) is 6.34. The molecule has 0 aromatic heterocycles. The van der Waals surface area contributed by atoms with Crippen molar-refractivity contribution in [2.75, 3.05) is 52.1 Å². The van der Waals surface area contributed by atoms with Gasteiger partial charge in [-0.1, -0.05) is 0 Å². The van der Waals surface area contributed by atoms with Gasteiger partial charge in [-0.2, -0.15) is 0 Å². The van der Waals surface area contributed by atoms with E-state index in [4.69, 9.17) is 0 Å². The molecule has 122 valence electrons. The lowest BCUT2D eigenvalue weighted by atomic mass is 10.3. The first-order chi connectivity index (χ1) is 10.6. The summed E-state index contributed by atoms with van der Waals surface area (Å²) >= 11 is 1.43. The van der Waals surface area contributed by atoms with Crippen LogP contribution >= 0.6 is 11.8 Å².